The summed E-state index contributed by atoms with van der Waals surface area (Å²) in [5.41, 5.74) is -2.46. The third-order valence-electron chi connectivity index (χ3n) is 4.16. The van der Waals surface area contributed by atoms with Crippen LogP contribution in [-0.4, -0.2) is 21.7 Å². The summed E-state index contributed by atoms with van der Waals surface area (Å²) in [7, 11) is 0. The lowest BCUT2D eigenvalue weighted by Crippen LogP contribution is -2.14. The predicted molar refractivity (Wildman–Crippen MR) is 117 cm³/mol. The zero-order valence-electron chi connectivity index (χ0n) is 18.0. The number of nitriles is 1. The highest BCUT2D eigenvalue weighted by Gasteiger charge is 2.35. The van der Waals surface area contributed by atoms with Crippen molar-refractivity contribution in [2.45, 2.75) is 13.1 Å². The average Bonchev–Trinajstić information content (AvgIpc) is 3.34. The van der Waals surface area contributed by atoms with Crippen LogP contribution >= 0.6 is 0 Å². The van der Waals surface area contributed by atoms with Gasteiger partial charge in [-0.2, -0.15) is 18.4 Å². The molecular weight excluding hydrogens is 491 g/mol. The summed E-state index contributed by atoms with van der Waals surface area (Å²) in [5.74, 6) is -1.14. The predicted octanol–water partition coefficient (Wildman–Crippen LogP) is 4.88. The first-order valence-electron chi connectivity index (χ1n) is 9.50. The number of nitrogens with zero attached hydrogens (tertiary/aromatic N) is 3. The third kappa shape index (κ3) is 7.12. The van der Waals surface area contributed by atoms with Gasteiger partial charge in [0.15, 0.2) is 5.76 Å². The Bertz CT molecular complexity index is 1350. The minimum Gasteiger partial charge on any atom is -0.459 e. The highest BCUT2D eigenvalue weighted by atomic mass is 19.4. The normalized spacial score (nSPS) is 10.3. The largest absolute Gasteiger partial charge is 0.459 e. The molecule has 0 aliphatic heterocycles. The Morgan fingerprint density at radius 1 is 0.972 bits per heavy atom. The van der Waals surface area contributed by atoms with Crippen molar-refractivity contribution in [3.63, 3.8) is 0 Å². The third-order valence-corrected chi connectivity index (χ3v) is 4.16. The molecule has 0 bridgehead atoms. The fourth-order valence-corrected chi connectivity index (χ4v) is 2.62. The van der Waals surface area contributed by atoms with Crippen molar-refractivity contribution in [2.24, 2.45) is 0 Å². The number of anilines is 2. The molecule has 12 nitrogen and oxygen atoms in total. The zero-order chi connectivity index (χ0) is 27.0. The minimum atomic E-state index is -4.77. The quantitative estimate of drug-likeness (QED) is 0.363. The van der Waals surface area contributed by atoms with Crippen LogP contribution in [0, 0.1) is 31.6 Å². The maximum Gasteiger partial charge on any atom is 0.418 e. The molecule has 36 heavy (non-hydrogen) atoms. The van der Waals surface area contributed by atoms with Gasteiger partial charge in [-0.3, -0.25) is 29.8 Å². The van der Waals surface area contributed by atoms with E-state index in [1.54, 1.807) is 12.1 Å². The number of nitro groups is 2. The van der Waals surface area contributed by atoms with Crippen molar-refractivity contribution < 1.29 is 37.0 Å². The minimum absolute atomic E-state index is 0.00843. The van der Waals surface area contributed by atoms with E-state index in [1.165, 1.54) is 24.5 Å². The number of non-ortho nitro benzene ring substituents is 2. The van der Waals surface area contributed by atoms with Gasteiger partial charge >= 0.3 is 6.18 Å². The van der Waals surface area contributed by atoms with Crippen LogP contribution in [0.3, 0.4) is 0 Å². The van der Waals surface area contributed by atoms with E-state index in [0.717, 1.165) is 25.1 Å². The Hall–Kier alpha value is -5.26. The molecule has 0 atom stereocenters. The monoisotopic (exact) mass is 505 g/mol. The zero-order valence-corrected chi connectivity index (χ0v) is 18.0. The highest BCUT2D eigenvalue weighted by molar-refractivity contribution is 6.03. The van der Waals surface area contributed by atoms with Crippen molar-refractivity contribution in [3.8, 4) is 6.07 Å². The molecule has 0 aliphatic rings. The molecule has 2 aromatic carbocycles. The smallest absolute Gasteiger partial charge is 0.418 e. The molecule has 0 radical (unpaired) electrons. The Kier molecular flexibility index (Phi) is 8.43. The van der Waals surface area contributed by atoms with E-state index in [0.29, 0.717) is 6.07 Å². The Morgan fingerprint density at radius 2 is 1.56 bits per heavy atom. The summed E-state index contributed by atoms with van der Waals surface area (Å²) >= 11 is 0. The summed E-state index contributed by atoms with van der Waals surface area (Å²) in [6, 6.07) is 10.5. The highest BCUT2D eigenvalue weighted by Crippen LogP contribution is 2.37. The van der Waals surface area contributed by atoms with Gasteiger partial charge in [0.2, 0.25) is 5.91 Å². The molecule has 0 fully saturated rings. The lowest BCUT2D eigenvalue weighted by atomic mass is 10.1. The lowest BCUT2D eigenvalue weighted by molar-refractivity contribution is -0.385. The van der Waals surface area contributed by atoms with Gasteiger partial charge in [-0.15, -0.1) is 0 Å². The van der Waals surface area contributed by atoms with Crippen molar-refractivity contribution >= 4 is 34.6 Å². The Balaban J connectivity index is 0.000000255. The van der Waals surface area contributed by atoms with Gasteiger partial charge in [0.1, 0.15) is 6.07 Å². The molecule has 15 heteroatoms. The summed E-state index contributed by atoms with van der Waals surface area (Å²) < 4.78 is 42.6. The molecule has 2 N–H and O–H groups in total. The molecule has 186 valence electrons. The van der Waals surface area contributed by atoms with Crippen molar-refractivity contribution in [1.82, 2.24) is 0 Å². The molecule has 2 amide bonds. The molecule has 0 aliphatic carbocycles. The fourth-order valence-electron chi connectivity index (χ4n) is 2.62. The van der Waals surface area contributed by atoms with Crippen LogP contribution in [0.25, 0.3) is 0 Å². The maximum absolute atomic E-state index is 12.6. The number of rotatable bonds is 5. The van der Waals surface area contributed by atoms with Gasteiger partial charge in [0.05, 0.1) is 38.6 Å². The van der Waals surface area contributed by atoms with Gasteiger partial charge in [-0.25, -0.2) is 0 Å². The number of hydrogen-bond donors (Lipinski definition) is 2. The molecule has 3 aromatic rings. The first-order valence-corrected chi connectivity index (χ1v) is 9.50. The number of alkyl halides is 3. The first kappa shape index (κ1) is 27.0. The number of carbonyl (C=O) groups is 2. The molecule has 0 saturated carbocycles. The summed E-state index contributed by atoms with van der Waals surface area (Å²) in [5, 5.41) is 34.3. The molecule has 0 unspecified atom stereocenters. The van der Waals surface area contributed by atoms with Crippen LogP contribution in [-0.2, 0) is 11.0 Å². The second-order valence-electron chi connectivity index (χ2n) is 6.70. The van der Waals surface area contributed by atoms with E-state index in [9.17, 15) is 43.0 Å². The van der Waals surface area contributed by atoms with E-state index in [4.69, 9.17) is 9.68 Å². The number of nitrogens with one attached hydrogen (secondary N) is 2. The van der Waals surface area contributed by atoms with Crippen LogP contribution in [0.2, 0.25) is 0 Å². The Morgan fingerprint density at radius 3 is 2.03 bits per heavy atom. The fraction of sp³-hybridized carbons (Fsp3) is 0.0952. The topological polar surface area (TPSA) is 181 Å². The van der Waals surface area contributed by atoms with Crippen LogP contribution in [0.1, 0.15) is 28.6 Å². The van der Waals surface area contributed by atoms with E-state index < -0.39 is 44.8 Å². The van der Waals surface area contributed by atoms with E-state index in [-0.39, 0.29) is 22.7 Å². The number of nitro benzene ring substituents is 2. The number of hydrogen-bond acceptors (Lipinski definition) is 8. The number of halogens is 3. The van der Waals surface area contributed by atoms with Gasteiger partial charge in [0, 0.05) is 31.2 Å². The van der Waals surface area contributed by atoms with Gasteiger partial charge in [-0.1, -0.05) is 0 Å². The van der Waals surface area contributed by atoms with E-state index in [2.05, 4.69) is 5.32 Å². The SMILES string of the molecule is CC(=O)Nc1ccc([N+](=O)[O-])cc1C(F)(F)F.N#Cc1cc([N+](=O)[O-])ccc1NC(=O)c1ccco1. The molecule has 3 rings (SSSR count). The van der Waals surface area contributed by atoms with Gasteiger partial charge in [0.25, 0.3) is 17.3 Å². The number of furan rings is 1. The Labute approximate surface area is 199 Å². The summed E-state index contributed by atoms with van der Waals surface area (Å²) in [6.07, 6.45) is -3.43. The molecule has 1 heterocycles. The average molecular weight is 505 g/mol. The summed E-state index contributed by atoms with van der Waals surface area (Å²) in [6.45, 7) is 1.04. The van der Waals surface area contributed by atoms with Crippen LogP contribution in [0.15, 0.2) is 59.2 Å². The molecule has 0 saturated heterocycles. The molecule has 0 spiro atoms. The maximum atomic E-state index is 12.6. The second kappa shape index (κ2) is 11.2. The standard InChI is InChI=1S/C12H7N3O4.C9H7F3N2O3/c13-7-8-6-9(15(17)18)3-4-10(8)14-12(16)11-2-1-5-19-11;1-5(15)13-8-3-2-6(14(16)17)4-7(8)9(10,11)12/h1-6H,(H,14,16);2-4H,1H3,(H,13,15). The number of amides is 2. The first-order chi connectivity index (χ1) is 16.8. The second-order valence-corrected chi connectivity index (χ2v) is 6.70. The van der Waals surface area contributed by atoms with Gasteiger partial charge < -0.3 is 15.1 Å². The van der Waals surface area contributed by atoms with Gasteiger partial charge in [-0.05, 0) is 24.3 Å². The van der Waals surface area contributed by atoms with E-state index >= 15 is 0 Å². The molecule has 1 aromatic heterocycles. The number of benzene rings is 2. The summed E-state index contributed by atoms with van der Waals surface area (Å²) in [4.78, 5) is 41.8. The van der Waals surface area contributed by atoms with Crippen molar-refractivity contribution in [3.05, 3.63) is 91.9 Å². The van der Waals surface area contributed by atoms with Crippen molar-refractivity contribution in [1.29, 1.82) is 5.26 Å². The van der Waals surface area contributed by atoms with Crippen LogP contribution in [0.5, 0.6) is 0 Å². The van der Waals surface area contributed by atoms with Crippen LogP contribution in [0.4, 0.5) is 35.9 Å². The lowest BCUT2D eigenvalue weighted by Gasteiger charge is -2.12. The number of carbonyl (C=O) groups excluding carboxylic acids is 2. The van der Waals surface area contributed by atoms with Crippen LogP contribution < -0.4 is 10.6 Å². The van der Waals surface area contributed by atoms with Crippen molar-refractivity contribution in [2.75, 3.05) is 10.6 Å². The van der Waals surface area contributed by atoms with E-state index in [1.807, 2.05) is 5.32 Å². The molecular formula is C21H14F3N5O7.